The molecule has 2 N–H and O–H groups in total. The summed E-state index contributed by atoms with van der Waals surface area (Å²) in [5.74, 6) is 1.02. The Hall–Kier alpha value is -1.89. The maximum atomic E-state index is 11.5. The molecule has 0 saturated heterocycles. The number of aryl methyl sites for hydroxylation is 2. The molecular formula is C9H10N4O2S. The molecule has 84 valence electrons. The topological polar surface area (TPSA) is 80.0 Å². The van der Waals surface area contributed by atoms with Gasteiger partial charge in [-0.05, 0) is 13.8 Å². The van der Waals surface area contributed by atoms with Crippen LogP contribution in [0, 0.1) is 13.8 Å². The van der Waals surface area contributed by atoms with E-state index in [0.29, 0.717) is 16.7 Å². The number of hydrogen-bond acceptors (Lipinski definition) is 5. The van der Waals surface area contributed by atoms with Gasteiger partial charge in [-0.3, -0.25) is 10.6 Å². The summed E-state index contributed by atoms with van der Waals surface area (Å²) < 4.78 is 4.81. The van der Waals surface area contributed by atoms with E-state index >= 15 is 0 Å². The number of aromatic nitrogens is 2. The van der Waals surface area contributed by atoms with Crippen LogP contribution in [0.1, 0.15) is 11.5 Å². The van der Waals surface area contributed by atoms with E-state index in [-0.39, 0.29) is 6.03 Å². The maximum absolute atomic E-state index is 11.5. The Kier molecular flexibility index (Phi) is 2.86. The number of nitrogens with zero attached hydrogens (tertiary/aromatic N) is 2. The summed E-state index contributed by atoms with van der Waals surface area (Å²) >= 11 is 1.37. The number of carbonyl (C=O) groups excluding carboxylic acids is 1. The summed E-state index contributed by atoms with van der Waals surface area (Å²) in [6, 6.07) is 1.25. The molecule has 0 aromatic carbocycles. The van der Waals surface area contributed by atoms with Gasteiger partial charge in [0.2, 0.25) is 0 Å². The number of amides is 2. The molecule has 2 rings (SSSR count). The van der Waals surface area contributed by atoms with Crippen LogP contribution in [-0.2, 0) is 0 Å². The highest BCUT2D eigenvalue weighted by Crippen LogP contribution is 2.15. The van der Waals surface area contributed by atoms with Gasteiger partial charge in [-0.15, -0.1) is 11.3 Å². The first-order valence-corrected chi connectivity index (χ1v) is 5.45. The number of hydrogen-bond donors (Lipinski definition) is 2. The van der Waals surface area contributed by atoms with Gasteiger partial charge in [-0.1, -0.05) is 5.16 Å². The molecule has 0 atom stereocenters. The second-order valence-corrected chi connectivity index (χ2v) is 4.05. The minimum absolute atomic E-state index is 0.378. The molecular weight excluding hydrogens is 228 g/mol. The number of nitrogens with one attached hydrogen (secondary N) is 2. The zero-order valence-electron chi connectivity index (χ0n) is 8.77. The zero-order chi connectivity index (χ0) is 11.5. The smallest absolute Gasteiger partial charge is 0.326 e. The Morgan fingerprint density at radius 1 is 1.44 bits per heavy atom. The van der Waals surface area contributed by atoms with E-state index in [0.717, 1.165) is 5.69 Å². The van der Waals surface area contributed by atoms with Crippen molar-refractivity contribution in [3.8, 4) is 0 Å². The molecule has 0 spiro atoms. The molecule has 0 saturated carbocycles. The van der Waals surface area contributed by atoms with Crippen molar-refractivity contribution in [2.45, 2.75) is 13.8 Å². The molecule has 0 unspecified atom stereocenters. The van der Waals surface area contributed by atoms with Gasteiger partial charge < -0.3 is 4.52 Å². The molecule has 6 nitrogen and oxygen atoms in total. The van der Waals surface area contributed by atoms with E-state index in [2.05, 4.69) is 20.8 Å². The van der Waals surface area contributed by atoms with Crippen molar-refractivity contribution in [3.05, 3.63) is 22.9 Å². The van der Waals surface area contributed by atoms with Gasteiger partial charge in [0, 0.05) is 11.4 Å². The lowest BCUT2D eigenvalue weighted by Gasteiger charge is -2.00. The minimum atomic E-state index is -0.386. The largest absolute Gasteiger partial charge is 0.360 e. The molecule has 0 bridgehead atoms. The van der Waals surface area contributed by atoms with Crippen LogP contribution < -0.4 is 10.6 Å². The van der Waals surface area contributed by atoms with Gasteiger partial charge in [-0.25, -0.2) is 9.78 Å². The van der Waals surface area contributed by atoms with Crippen LogP contribution in [0.3, 0.4) is 0 Å². The molecule has 0 aliphatic rings. The van der Waals surface area contributed by atoms with Crippen molar-refractivity contribution in [1.29, 1.82) is 0 Å². The van der Waals surface area contributed by atoms with E-state index in [1.54, 1.807) is 13.0 Å². The molecule has 0 aliphatic heterocycles. The Bertz CT molecular complexity index is 461. The monoisotopic (exact) mass is 238 g/mol. The molecule has 2 heterocycles. The molecule has 0 aliphatic carbocycles. The fourth-order valence-electron chi connectivity index (χ4n) is 1.08. The average Bonchev–Trinajstić information content (AvgIpc) is 2.76. The van der Waals surface area contributed by atoms with Gasteiger partial charge in [-0.2, -0.15) is 0 Å². The Balaban J connectivity index is 1.94. The fourth-order valence-corrected chi connectivity index (χ4v) is 1.76. The minimum Gasteiger partial charge on any atom is -0.360 e. The van der Waals surface area contributed by atoms with Crippen LogP contribution in [0.25, 0.3) is 0 Å². The van der Waals surface area contributed by atoms with Gasteiger partial charge >= 0.3 is 6.03 Å². The fraction of sp³-hybridized carbons (Fsp3) is 0.222. The van der Waals surface area contributed by atoms with Gasteiger partial charge in [0.05, 0.1) is 5.69 Å². The van der Waals surface area contributed by atoms with Crippen molar-refractivity contribution < 1.29 is 9.32 Å². The highest BCUT2D eigenvalue weighted by molar-refractivity contribution is 7.13. The van der Waals surface area contributed by atoms with E-state index in [1.165, 1.54) is 11.3 Å². The second-order valence-electron chi connectivity index (χ2n) is 3.20. The third-order valence-corrected chi connectivity index (χ3v) is 2.58. The average molecular weight is 238 g/mol. The Morgan fingerprint density at radius 2 is 2.25 bits per heavy atom. The zero-order valence-corrected chi connectivity index (χ0v) is 9.59. The quantitative estimate of drug-likeness (QED) is 0.841. The highest BCUT2D eigenvalue weighted by atomic mass is 32.1. The summed E-state index contributed by atoms with van der Waals surface area (Å²) in [5.41, 5.74) is 0.873. The normalized spacial score (nSPS) is 10.1. The summed E-state index contributed by atoms with van der Waals surface area (Å²) in [7, 11) is 0. The summed E-state index contributed by atoms with van der Waals surface area (Å²) in [4.78, 5) is 15.6. The molecule has 2 aromatic rings. The van der Waals surface area contributed by atoms with Crippen LogP contribution in [0.4, 0.5) is 15.7 Å². The van der Waals surface area contributed by atoms with Crippen LogP contribution >= 0.6 is 11.3 Å². The molecule has 16 heavy (non-hydrogen) atoms. The number of rotatable bonds is 2. The number of anilines is 2. The van der Waals surface area contributed by atoms with Gasteiger partial charge in [0.1, 0.15) is 5.76 Å². The van der Waals surface area contributed by atoms with Crippen LogP contribution in [0.2, 0.25) is 0 Å². The van der Waals surface area contributed by atoms with Crippen molar-refractivity contribution in [3.63, 3.8) is 0 Å². The first kappa shape index (κ1) is 10.6. The first-order chi connectivity index (χ1) is 7.63. The maximum Gasteiger partial charge on any atom is 0.326 e. The summed E-state index contributed by atoms with van der Waals surface area (Å²) in [6.45, 7) is 3.61. The van der Waals surface area contributed by atoms with Crippen molar-refractivity contribution in [2.75, 3.05) is 10.6 Å². The van der Waals surface area contributed by atoms with Crippen molar-refractivity contribution in [1.82, 2.24) is 10.1 Å². The number of thiazole rings is 1. The lowest BCUT2D eigenvalue weighted by molar-refractivity contribution is 0.262. The Labute approximate surface area is 95.7 Å². The lowest BCUT2D eigenvalue weighted by Crippen LogP contribution is -2.19. The van der Waals surface area contributed by atoms with Crippen LogP contribution in [0.15, 0.2) is 16.0 Å². The number of urea groups is 1. The van der Waals surface area contributed by atoms with Crippen LogP contribution in [-0.4, -0.2) is 16.2 Å². The van der Waals surface area contributed by atoms with Crippen molar-refractivity contribution in [2.24, 2.45) is 0 Å². The van der Waals surface area contributed by atoms with E-state index in [4.69, 9.17) is 4.52 Å². The van der Waals surface area contributed by atoms with Gasteiger partial charge in [0.25, 0.3) is 0 Å². The first-order valence-electron chi connectivity index (χ1n) is 4.57. The Morgan fingerprint density at radius 3 is 2.81 bits per heavy atom. The highest BCUT2D eigenvalue weighted by Gasteiger charge is 2.07. The molecule has 2 amide bonds. The lowest BCUT2D eigenvalue weighted by atomic mass is 10.5. The van der Waals surface area contributed by atoms with Gasteiger partial charge in [0.15, 0.2) is 10.9 Å². The van der Waals surface area contributed by atoms with E-state index in [1.807, 2.05) is 12.3 Å². The van der Waals surface area contributed by atoms with Crippen molar-refractivity contribution >= 4 is 28.3 Å². The molecule has 0 fully saturated rings. The standard InChI is InChI=1S/C9H10N4O2S/c1-5-4-16-9(10-5)12-8(14)11-7-3-6(2)15-13-7/h3-4H,1-2H3,(H2,10,11,12,13,14). The molecule has 2 aromatic heterocycles. The van der Waals surface area contributed by atoms with E-state index < -0.39 is 0 Å². The third-order valence-electron chi connectivity index (χ3n) is 1.71. The predicted octanol–water partition coefficient (Wildman–Crippen LogP) is 2.39. The molecule has 0 radical (unpaired) electrons. The predicted molar refractivity (Wildman–Crippen MR) is 60.7 cm³/mol. The second kappa shape index (κ2) is 4.31. The third kappa shape index (κ3) is 2.57. The summed E-state index contributed by atoms with van der Waals surface area (Å²) in [6.07, 6.45) is 0. The van der Waals surface area contributed by atoms with E-state index in [9.17, 15) is 4.79 Å². The number of carbonyl (C=O) groups is 1. The summed E-state index contributed by atoms with van der Waals surface area (Å²) in [5, 5.41) is 11.2. The SMILES string of the molecule is Cc1csc(NC(=O)Nc2cc(C)on2)n1. The molecule has 7 heteroatoms. The van der Waals surface area contributed by atoms with Crippen LogP contribution in [0.5, 0.6) is 0 Å².